The SMILES string of the molecule is CC.Cc1ccc(-c2nnc(S(C)(=O)=O)o2)cc1. The highest BCUT2D eigenvalue weighted by atomic mass is 32.2. The van der Waals surface area contributed by atoms with E-state index in [1.165, 1.54) is 0 Å². The topological polar surface area (TPSA) is 73.1 Å². The number of rotatable bonds is 2. The molecule has 0 spiro atoms. The highest BCUT2D eigenvalue weighted by molar-refractivity contribution is 7.90. The van der Waals surface area contributed by atoms with Crippen molar-refractivity contribution in [3.63, 3.8) is 0 Å². The molecule has 0 unspecified atom stereocenters. The van der Waals surface area contributed by atoms with Gasteiger partial charge in [-0.15, -0.1) is 5.10 Å². The van der Waals surface area contributed by atoms with Crippen molar-refractivity contribution >= 4 is 9.84 Å². The zero-order valence-corrected chi connectivity index (χ0v) is 11.7. The zero-order valence-electron chi connectivity index (χ0n) is 10.8. The predicted octanol–water partition coefficient (Wildman–Crippen LogP) is 2.47. The van der Waals surface area contributed by atoms with E-state index in [0.29, 0.717) is 5.56 Å². The minimum absolute atomic E-state index is 0.209. The first-order valence-corrected chi connectivity index (χ1v) is 7.46. The molecule has 0 aliphatic rings. The van der Waals surface area contributed by atoms with Crippen LogP contribution < -0.4 is 0 Å². The second-order valence-electron chi connectivity index (χ2n) is 3.51. The normalized spacial score (nSPS) is 10.7. The molecule has 0 bridgehead atoms. The van der Waals surface area contributed by atoms with Crippen molar-refractivity contribution in [2.75, 3.05) is 6.26 Å². The molecule has 0 radical (unpaired) electrons. The molecule has 0 aliphatic carbocycles. The predicted molar refractivity (Wildman–Crippen MR) is 68.9 cm³/mol. The summed E-state index contributed by atoms with van der Waals surface area (Å²) in [6.45, 7) is 5.96. The number of aryl methyl sites for hydroxylation is 1. The van der Waals surface area contributed by atoms with E-state index in [9.17, 15) is 8.42 Å². The van der Waals surface area contributed by atoms with Crippen LogP contribution >= 0.6 is 0 Å². The summed E-state index contributed by atoms with van der Waals surface area (Å²) in [4.78, 5) is 0. The van der Waals surface area contributed by atoms with Gasteiger partial charge in [0.25, 0.3) is 0 Å². The highest BCUT2D eigenvalue weighted by Gasteiger charge is 2.17. The molecule has 0 saturated heterocycles. The van der Waals surface area contributed by atoms with Gasteiger partial charge in [-0.1, -0.05) is 36.6 Å². The van der Waals surface area contributed by atoms with E-state index in [0.717, 1.165) is 11.8 Å². The fourth-order valence-corrected chi connectivity index (χ4v) is 1.59. The number of sulfone groups is 1. The summed E-state index contributed by atoms with van der Waals surface area (Å²) in [7, 11) is -3.44. The summed E-state index contributed by atoms with van der Waals surface area (Å²) in [5.41, 5.74) is 1.81. The molecule has 6 heteroatoms. The first kappa shape index (κ1) is 14.4. The van der Waals surface area contributed by atoms with E-state index in [2.05, 4.69) is 10.2 Å². The standard InChI is InChI=1S/C10H10N2O3S.C2H6/c1-7-3-5-8(6-4-7)9-11-12-10(15-9)16(2,13)14;1-2/h3-6H,1-2H3;1-2H3. The summed E-state index contributed by atoms with van der Waals surface area (Å²) in [6.07, 6.45) is 1.03. The van der Waals surface area contributed by atoms with Crippen LogP contribution in [0.2, 0.25) is 0 Å². The molecular formula is C12H16N2O3S. The smallest absolute Gasteiger partial charge is 0.335 e. The lowest BCUT2D eigenvalue weighted by molar-refractivity contribution is 0.442. The molecule has 0 atom stereocenters. The van der Waals surface area contributed by atoms with Crippen LogP contribution in [0, 0.1) is 6.92 Å². The van der Waals surface area contributed by atoms with Crippen molar-refractivity contribution in [1.82, 2.24) is 10.2 Å². The Kier molecular flexibility index (Phi) is 4.61. The highest BCUT2D eigenvalue weighted by Crippen LogP contribution is 2.19. The summed E-state index contributed by atoms with van der Waals surface area (Å²) < 4.78 is 27.3. The van der Waals surface area contributed by atoms with Gasteiger partial charge in [0.1, 0.15) is 0 Å². The second-order valence-corrected chi connectivity index (χ2v) is 5.40. The Morgan fingerprint density at radius 3 is 2.06 bits per heavy atom. The maximum absolute atomic E-state index is 11.1. The molecule has 1 aromatic heterocycles. The second kappa shape index (κ2) is 5.77. The van der Waals surface area contributed by atoms with Crippen LogP contribution in [-0.2, 0) is 9.84 Å². The van der Waals surface area contributed by atoms with Gasteiger partial charge in [0.15, 0.2) is 0 Å². The van der Waals surface area contributed by atoms with Gasteiger partial charge >= 0.3 is 5.22 Å². The van der Waals surface area contributed by atoms with E-state index in [1.54, 1.807) is 12.1 Å². The van der Waals surface area contributed by atoms with E-state index in [-0.39, 0.29) is 11.1 Å². The molecular weight excluding hydrogens is 252 g/mol. The number of hydrogen-bond acceptors (Lipinski definition) is 5. The molecule has 0 aliphatic heterocycles. The average Bonchev–Trinajstić information content (AvgIpc) is 2.82. The van der Waals surface area contributed by atoms with Crippen molar-refractivity contribution in [2.45, 2.75) is 26.0 Å². The fourth-order valence-electron chi connectivity index (χ4n) is 1.17. The molecule has 1 heterocycles. The third kappa shape index (κ3) is 3.40. The van der Waals surface area contributed by atoms with Crippen molar-refractivity contribution in [2.24, 2.45) is 0 Å². The molecule has 2 rings (SSSR count). The van der Waals surface area contributed by atoms with Crippen LogP contribution in [0.4, 0.5) is 0 Å². The van der Waals surface area contributed by atoms with Gasteiger partial charge in [-0.3, -0.25) is 0 Å². The van der Waals surface area contributed by atoms with Crippen LogP contribution in [0.3, 0.4) is 0 Å². The minimum Gasteiger partial charge on any atom is -0.408 e. The molecule has 1 aromatic carbocycles. The minimum atomic E-state index is -3.44. The maximum Gasteiger partial charge on any atom is 0.335 e. The Morgan fingerprint density at radius 2 is 1.61 bits per heavy atom. The van der Waals surface area contributed by atoms with Crippen LogP contribution in [0.5, 0.6) is 0 Å². The lowest BCUT2D eigenvalue weighted by Crippen LogP contribution is -1.96. The van der Waals surface area contributed by atoms with Gasteiger partial charge in [-0.05, 0) is 19.1 Å². The van der Waals surface area contributed by atoms with E-state index in [4.69, 9.17) is 4.42 Å². The van der Waals surface area contributed by atoms with Gasteiger partial charge in [0.2, 0.25) is 15.7 Å². The summed E-state index contributed by atoms with van der Waals surface area (Å²) >= 11 is 0. The number of aromatic nitrogens is 2. The Hall–Kier alpha value is -1.69. The van der Waals surface area contributed by atoms with Gasteiger partial charge < -0.3 is 4.42 Å². The Morgan fingerprint density at radius 1 is 1.06 bits per heavy atom. The molecule has 18 heavy (non-hydrogen) atoms. The van der Waals surface area contributed by atoms with Gasteiger partial charge in [0.05, 0.1) is 0 Å². The lowest BCUT2D eigenvalue weighted by atomic mass is 10.1. The summed E-state index contributed by atoms with van der Waals surface area (Å²) in [5.74, 6) is 0.209. The number of nitrogens with zero attached hydrogens (tertiary/aromatic N) is 2. The quantitative estimate of drug-likeness (QED) is 0.836. The van der Waals surface area contributed by atoms with Crippen molar-refractivity contribution in [3.05, 3.63) is 29.8 Å². The molecule has 0 fully saturated rings. The van der Waals surface area contributed by atoms with Crippen molar-refractivity contribution < 1.29 is 12.8 Å². The van der Waals surface area contributed by atoms with Crippen LogP contribution in [0.25, 0.3) is 11.5 Å². The third-order valence-corrected chi connectivity index (χ3v) is 2.82. The monoisotopic (exact) mass is 268 g/mol. The van der Waals surface area contributed by atoms with Crippen LogP contribution in [-0.4, -0.2) is 24.9 Å². The van der Waals surface area contributed by atoms with Gasteiger partial charge in [0, 0.05) is 11.8 Å². The molecule has 2 aromatic rings. The fraction of sp³-hybridized carbons (Fsp3) is 0.333. The van der Waals surface area contributed by atoms with Crippen molar-refractivity contribution in [3.8, 4) is 11.5 Å². The Bertz CT molecular complexity index is 601. The molecule has 0 saturated carbocycles. The first-order chi connectivity index (χ1) is 8.47. The Balaban J connectivity index is 0.000000771. The van der Waals surface area contributed by atoms with Crippen molar-refractivity contribution in [1.29, 1.82) is 0 Å². The zero-order chi connectivity index (χ0) is 13.8. The van der Waals surface area contributed by atoms with E-state index in [1.807, 2.05) is 32.9 Å². The lowest BCUT2D eigenvalue weighted by Gasteiger charge is -1.94. The summed E-state index contributed by atoms with van der Waals surface area (Å²) in [5, 5.41) is 6.81. The molecule has 0 N–H and O–H groups in total. The Labute approximate surface area is 107 Å². The number of hydrogen-bond donors (Lipinski definition) is 0. The van der Waals surface area contributed by atoms with Gasteiger partial charge in [-0.25, -0.2) is 8.42 Å². The molecule has 0 amide bonds. The summed E-state index contributed by atoms with van der Waals surface area (Å²) in [6, 6.07) is 7.38. The first-order valence-electron chi connectivity index (χ1n) is 5.57. The van der Waals surface area contributed by atoms with E-state index >= 15 is 0 Å². The molecule has 5 nitrogen and oxygen atoms in total. The number of benzene rings is 1. The van der Waals surface area contributed by atoms with Crippen LogP contribution in [0.1, 0.15) is 19.4 Å². The maximum atomic E-state index is 11.1. The molecule has 98 valence electrons. The third-order valence-electron chi connectivity index (χ3n) is 2.02. The average molecular weight is 268 g/mol. The van der Waals surface area contributed by atoms with Crippen LogP contribution in [0.15, 0.2) is 33.9 Å². The largest absolute Gasteiger partial charge is 0.408 e. The van der Waals surface area contributed by atoms with Gasteiger partial charge in [-0.2, -0.15) is 0 Å². The van der Waals surface area contributed by atoms with E-state index < -0.39 is 9.84 Å².